The second kappa shape index (κ2) is 8.59. The summed E-state index contributed by atoms with van der Waals surface area (Å²) in [6.07, 6.45) is 7.31. The van der Waals surface area contributed by atoms with E-state index in [1.807, 2.05) is 18.7 Å². The van der Waals surface area contributed by atoms with Crippen molar-refractivity contribution < 1.29 is 4.79 Å². The number of aromatic nitrogens is 2. The summed E-state index contributed by atoms with van der Waals surface area (Å²) >= 11 is 3.60. The molecule has 1 saturated carbocycles. The largest absolute Gasteiger partial charge is 0.355 e. The Balaban J connectivity index is 1.64. The molecule has 1 N–H and O–H groups in total. The molecular formula is C22H30BrN3O. The molecule has 1 fully saturated rings. The van der Waals surface area contributed by atoms with Gasteiger partial charge in [-0.2, -0.15) is 5.10 Å². The van der Waals surface area contributed by atoms with Crippen molar-refractivity contribution in [3.05, 3.63) is 51.3 Å². The highest BCUT2D eigenvalue weighted by molar-refractivity contribution is 9.10. The van der Waals surface area contributed by atoms with Gasteiger partial charge in [-0.3, -0.25) is 9.48 Å². The third-order valence-corrected chi connectivity index (χ3v) is 6.63. The molecule has 0 unspecified atom stereocenters. The maximum absolute atomic E-state index is 12.6. The molecule has 0 atom stereocenters. The lowest BCUT2D eigenvalue weighted by Gasteiger charge is -2.38. The molecule has 0 bridgehead atoms. The number of nitrogens with one attached hydrogen (secondary N) is 1. The van der Waals surface area contributed by atoms with Crippen LogP contribution in [-0.2, 0) is 23.7 Å². The highest BCUT2D eigenvalue weighted by atomic mass is 79.9. The molecule has 1 heterocycles. The minimum atomic E-state index is 0.0673. The van der Waals surface area contributed by atoms with Crippen molar-refractivity contribution in [3.8, 4) is 0 Å². The first kappa shape index (κ1) is 20.1. The van der Waals surface area contributed by atoms with Crippen LogP contribution in [0.3, 0.4) is 0 Å². The lowest BCUT2D eigenvalue weighted by molar-refractivity contribution is -0.121. The molecule has 146 valence electrons. The molecule has 5 heteroatoms. The van der Waals surface area contributed by atoms with E-state index in [2.05, 4.69) is 57.5 Å². The summed E-state index contributed by atoms with van der Waals surface area (Å²) in [6, 6.07) is 8.60. The maximum atomic E-state index is 12.6. The van der Waals surface area contributed by atoms with Gasteiger partial charge >= 0.3 is 0 Å². The van der Waals surface area contributed by atoms with Gasteiger partial charge < -0.3 is 5.32 Å². The summed E-state index contributed by atoms with van der Waals surface area (Å²) in [6.45, 7) is 4.81. The maximum Gasteiger partial charge on any atom is 0.220 e. The van der Waals surface area contributed by atoms with Crippen molar-refractivity contribution in [3.63, 3.8) is 0 Å². The van der Waals surface area contributed by atoms with Crippen molar-refractivity contribution >= 4 is 21.8 Å². The van der Waals surface area contributed by atoms with Crippen LogP contribution in [0.4, 0.5) is 0 Å². The van der Waals surface area contributed by atoms with Crippen LogP contribution >= 0.6 is 15.9 Å². The number of nitrogens with zero attached hydrogens (tertiary/aromatic N) is 2. The standard InChI is InChI=1S/C22H30BrN3O/c1-16-20(17(2)26(3)25-16)10-11-21(27)24-15-22(12-5-4-6-13-22)18-8-7-9-19(23)14-18/h7-9,14H,4-6,10-13,15H2,1-3H3,(H,24,27). The van der Waals surface area contributed by atoms with Crippen molar-refractivity contribution in [1.29, 1.82) is 0 Å². The molecular weight excluding hydrogens is 402 g/mol. The van der Waals surface area contributed by atoms with Crippen molar-refractivity contribution in [1.82, 2.24) is 15.1 Å². The van der Waals surface area contributed by atoms with E-state index in [9.17, 15) is 4.79 Å². The first-order valence-corrected chi connectivity index (χ1v) is 10.7. The molecule has 0 saturated heterocycles. The molecule has 4 nitrogen and oxygen atoms in total. The second-order valence-electron chi connectivity index (χ2n) is 7.90. The fourth-order valence-electron chi connectivity index (χ4n) is 4.39. The van der Waals surface area contributed by atoms with Crippen molar-refractivity contribution in [2.75, 3.05) is 6.54 Å². The molecule has 0 spiro atoms. The van der Waals surface area contributed by atoms with E-state index in [-0.39, 0.29) is 11.3 Å². The van der Waals surface area contributed by atoms with Gasteiger partial charge in [0.05, 0.1) is 5.69 Å². The Kier molecular flexibility index (Phi) is 6.40. The normalized spacial score (nSPS) is 16.3. The Hall–Kier alpha value is -1.62. The minimum absolute atomic E-state index is 0.0673. The SMILES string of the molecule is Cc1nn(C)c(C)c1CCC(=O)NCC1(c2cccc(Br)c2)CCCCC1. The third kappa shape index (κ3) is 4.63. The lowest BCUT2D eigenvalue weighted by Crippen LogP contribution is -2.42. The van der Waals surface area contributed by atoms with Crippen LogP contribution in [0.1, 0.15) is 61.0 Å². The van der Waals surface area contributed by atoms with Gasteiger partial charge in [0.2, 0.25) is 5.91 Å². The minimum Gasteiger partial charge on any atom is -0.355 e. The van der Waals surface area contributed by atoms with E-state index in [0.29, 0.717) is 6.42 Å². The fourth-order valence-corrected chi connectivity index (χ4v) is 4.79. The zero-order valence-electron chi connectivity index (χ0n) is 16.6. The molecule has 3 rings (SSSR count). The first-order valence-electron chi connectivity index (χ1n) is 9.93. The molecule has 1 aromatic heterocycles. The number of hydrogen-bond donors (Lipinski definition) is 1. The van der Waals surface area contributed by atoms with Gasteiger partial charge in [-0.05, 0) is 56.4 Å². The van der Waals surface area contributed by atoms with Crippen LogP contribution in [0.5, 0.6) is 0 Å². The van der Waals surface area contributed by atoms with Gasteiger partial charge in [0, 0.05) is 35.6 Å². The Bertz CT molecular complexity index is 806. The average molecular weight is 432 g/mol. The summed E-state index contributed by atoms with van der Waals surface area (Å²) in [5.41, 5.74) is 4.79. The Morgan fingerprint density at radius 2 is 2.00 bits per heavy atom. The van der Waals surface area contributed by atoms with Gasteiger partial charge in [0.25, 0.3) is 0 Å². The fraction of sp³-hybridized carbons (Fsp3) is 0.545. The van der Waals surface area contributed by atoms with E-state index in [0.717, 1.165) is 41.7 Å². The quantitative estimate of drug-likeness (QED) is 0.716. The van der Waals surface area contributed by atoms with Crippen LogP contribution in [0, 0.1) is 13.8 Å². The van der Waals surface area contributed by atoms with Crippen LogP contribution in [0.2, 0.25) is 0 Å². The van der Waals surface area contributed by atoms with E-state index < -0.39 is 0 Å². The van der Waals surface area contributed by atoms with E-state index >= 15 is 0 Å². The van der Waals surface area contributed by atoms with E-state index in [1.165, 1.54) is 30.4 Å². The predicted molar refractivity (Wildman–Crippen MR) is 113 cm³/mol. The number of benzene rings is 1. The summed E-state index contributed by atoms with van der Waals surface area (Å²) in [7, 11) is 1.96. The number of amides is 1. The second-order valence-corrected chi connectivity index (χ2v) is 8.82. The Morgan fingerprint density at radius 1 is 1.26 bits per heavy atom. The lowest BCUT2D eigenvalue weighted by atomic mass is 9.69. The summed E-state index contributed by atoms with van der Waals surface area (Å²) in [5.74, 6) is 0.137. The van der Waals surface area contributed by atoms with E-state index in [4.69, 9.17) is 0 Å². The highest BCUT2D eigenvalue weighted by Crippen LogP contribution is 2.39. The highest BCUT2D eigenvalue weighted by Gasteiger charge is 2.34. The molecule has 1 aliphatic carbocycles. The van der Waals surface area contributed by atoms with E-state index in [1.54, 1.807) is 0 Å². The predicted octanol–water partition coefficient (Wildman–Crippen LogP) is 4.75. The van der Waals surface area contributed by atoms with Crippen LogP contribution in [0.15, 0.2) is 28.7 Å². The average Bonchev–Trinajstić information content (AvgIpc) is 2.91. The number of carbonyl (C=O) groups excluding carboxylic acids is 1. The van der Waals surface area contributed by atoms with Gasteiger partial charge in [-0.15, -0.1) is 0 Å². The number of aryl methyl sites for hydroxylation is 2. The molecule has 27 heavy (non-hydrogen) atoms. The molecule has 0 radical (unpaired) electrons. The number of carbonyl (C=O) groups is 1. The molecule has 1 amide bonds. The van der Waals surface area contributed by atoms with Gasteiger partial charge in [0.1, 0.15) is 0 Å². The third-order valence-electron chi connectivity index (χ3n) is 6.13. The molecule has 2 aromatic rings. The van der Waals surface area contributed by atoms with Gasteiger partial charge in [0.15, 0.2) is 0 Å². The summed E-state index contributed by atoms with van der Waals surface area (Å²) < 4.78 is 3.01. The summed E-state index contributed by atoms with van der Waals surface area (Å²) in [4.78, 5) is 12.6. The monoisotopic (exact) mass is 431 g/mol. The van der Waals surface area contributed by atoms with Crippen molar-refractivity contribution in [2.24, 2.45) is 7.05 Å². The smallest absolute Gasteiger partial charge is 0.220 e. The Morgan fingerprint density at radius 3 is 2.63 bits per heavy atom. The van der Waals surface area contributed by atoms with Crippen LogP contribution in [0.25, 0.3) is 0 Å². The Labute approximate surface area is 170 Å². The zero-order chi connectivity index (χ0) is 19.4. The zero-order valence-corrected chi connectivity index (χ0v) is 18.2. The van der Waals surface area contributed by atoms with Crippen LogP contribution in [-0.4, -0.2) is 22.2 Å². The summed E-state index contributed by atoms with van der Waals surface area (Å²) in [5, 5.41) is 7.69. The number of halogens is 1. The van der Waals surface area contributed by atoms with Crippen molar-refractivity contribution in [2.45, 2.75) is 64.2 Å². The van der Waals surface area contributed by atoms with Gasteiger partial charge in [-0.25, -0.2) is 0 Å². The molecule has 1 aromatic carbocycles. The molecule has 0 aliphatic heterocycles. The number of hydrogen-bond acceptors (Lipinski definition) is 2. The molecule has 1 aliphatic rings. The van der Waals surface area contributed by atoms with Crippen LogP contribution < -0.4 is 5.32 Å². The first-order chi connectivity index (χ1) is 12.9. The van der Waals surface area contributed by atoms with Gasteiger partial charge in [-0.1, -0.05) is 47.3 Å². The topological polar surface area (TPSA) is 46.9 Å². The number of rotatable bonds is 6.